The van der Waals surface area contributed by atoms with E-state index in [1.165, 1.54) is 4.31 Å². The minimum absolute atomic E-state index is 0.00763. The van der Waals surface area contributed by atoms with E-state index in [1.54, 1.807) is 18.3 Å². The molecule has 37 heavy (non-hydrogen) atoms. The number of halogens is 1. The van der Waals surface area contributed by atoms with Gasteiger partial charge in [-0.15, -0.1) is 0 Å². The maximum absolute atomic E-state index is 13.2. The number of pyridine rings is 1. The SMILES string of the molecule is O=C(NCCCNc1ccnc2cc(Cl)ccc12)C1CCN(S(=O)(=O)c2ccc3ccccc3c2)CC1. The molecular formula is C28H29ClN4O3S. The lowest BCUT2D eigenvalue weighted by Gasteiger charge is -2.30. The van der Waals surface area contributed by atoms with E-state index in [-0.39, 0.29) is 11.8 Å². The molecule has 192 valence electrons. The Balaban J connectivity index is 1.08. The minimum atomic E-state index is -3.59. The zero-order chi connectivity index (χ0) is 25.8. The van der Waals surface area contributed by atoms with E-state index >= 15 is 0 Å². The lowest BCUT2D eigenvalue weighted by molar-refractivity contribution is -0.126. The summed E-state index contributed by atoms with van der Waals surface area (Å²) in [6.07, 6.45) is 3.54. The third-order valence-electron chi connectivity index (χ3n) is 6.86. The Morgan fingerprint density at radius 1 is 0.973 bits per heavy atom. The van der Waals surface area contributed by atoms with Crippen molar-refractivity contribution in [3.05, 3.63) is 77.9 Å². The van der Waals surface area contributed by atoms with Gasteiger partial charge in [0.05, 0.1) is 10.4 Å². The number of fused-ring (bicyclic) bond motifs is 2. The second-order valence-corrected chi connectivity index (χ2v) is 11.7. The van der Waals surface area contributed by atoms with Crippen LogP contribution in [0.4, 0.5) is 5.69 Å². The Hall–Kier alpha value is -3.20. The van der Waals surface area contributed by atoms with Crippen LogP contribution < -0.4 is 10.6 Å². The summed E-state index contributed by atoms with van der Waals surface area (Å²) in [6.45, 7) is 1.93. The van der Waals surface area contributed by atoms with Crippen LogP contribution in [0.2, 0.25) is 5.02 Å². The largest absolute Gasteiger partial charge is 0.384 e. The fraction of sp³-hybridized carbons (Fsp3) is 0.286. The molecule has 3 aromatic carbocycles. The maximum Gasteiger partial charge on any atom is 0.243 e. The van der Waals surface area contributed by atoms with Gasteiger partial charge in [0, 0.05) is 54.4 Å². The van der Waals surface area contributed by atoms with Gasteiger partial charge in [0.25, 0.3) is 0 Å². The first kappa shape index (κ1) is 25.4. The van der Waals surface area contributed by atoms with Crippen molar-refractivity contribution in [3.63, 3.8) is 0 Å². The van der Waals surface area contributed by atoms with E-state index in [9.17, 15) is 13.2 Å². The van der Waals surface area contributed by atoms with Crippen molar-refractivity contribution in [3.8, 4) is 0 Å². The number of nitrogens with one attached hydrogen (secondary N) is 2. The summed E-state index contributed by atoms with van der Waals surface area (Å²) in [5.41, 5.74) is 1.81. The summed E-state index contributed by atoms with van der Waals surface area (Å²) in [7, 11) is -3.59. The number of hydrogen-bond acceptors (Lipinski definition) is 5. The van der Waals surface area contributed by atoms with Crippen LogP contribution in [0.15, 0.2) is 77.8 Å². The van der Waals surface area contributed by atoms with Crippen molar-refractivity contribution in [1.29, 1.82) is 0 Å². The van der Waals surface area contributed by atoms with Gasteiger partial charge in [-0.3, -0.25) is 9.78 Å². The monoisotopic (exact) mass is 536 g/mol. The Labute approximate surface area is 221 Å². The molecule has 0 saturated carbocycles. The molecular weight excluding hydrogens is 508 g/mol. The molecule has 0 bridgehead atoms. The maximum atomic E-state index is 13.2. The highest BCUT2D eigenvalue weighted by Gasteiger charge is 2.32. The molecule has 1 fully saturated rings. The van der Waals surface area contributed by atoms with Crippen molar-refractivity contribution >= 4 is 54.9 Å². The lowest BCUT2D eigenvalue weighted by atomic mass is 9.97. The van der Waals surface area contributed by atoms with Crippen molar-refractivity contribution in [2.24, 2.45) is 5.92 Å². The smallest absolute Gasteiger partial charge is 0.243 e. The molecule has 2 heterocycles. The van der Waals surface area contributed by atoms with Crippen LogP contribution in [-0.4, -0.2) is 49.8 Å². The van der Waals surface area contributed by atoms with Crippen molar-refractivity contribution < 1.29 is 13.2 Å². The van der Waals surface area contributed by atoms with Gasteiger partial charge in [-0.2, -0.15) is 4.31 Å². The van der Waals surface area contributed by atoms with Crippen molar-refractivity contribution in [1.82, 2.24) is 14.6 Å². The summed E-state index contributed by atoms with van der Waals surface area (Å²) >= 11 is 6.05. The first-order valence-electron chi connectivity index (χ1n) is 12.5. The number of amides is 1. The molecule has 0 unspecified atom stereocenters. The number of carbonyl (C=O) groups excluding carboxylic acids is 1. The van der Waals surface area contributed by atoms with Crippen LogP contribution >= 0.6 is 11.6 Å². The molecule has 0 radical (unpaired) electrons. The Morgan fingerprint density at radius 2 is 1.76 bits per heavy atom. The molecule has 1 saturated heterocycles. The van der Waals surface area contributed by atoms with Crippen LogP contribution in [0.5, 0.6) is 0 Å². The molecule has 5 rings (SSSR count). The fourth-order valence-electron chi connectivity index (χ4n) is 4.78. The number of nitrogens with zero attached hydrogens (tertiary/aromatic N) is 2. The first-order valence-corrected chi connectivity index (χ1v) is 14.3. The van der Waals surface area contributed by atoms with Gasteiger partial charge in [0.1, 0.15) is 0 Å². The molecule has 1 aliphatic heterocycles. The van der Waals surface area contributed by atoms with Crippen LogP contribution in [0.25, 0.3) is 21.7 Å². The summed E-state index contributed by atoms with van der Waals surface area (Å²) in [4.78, 5) is 17.3. The molecule has 0 atom stereocenters. The van der Waals surface area contributed by atoms with Gasteiger partial charge in [0.2, 0.25) is 15.9 Å². The molecule has 7 nitrogen and oxygen atoms in total. The number of anilines is 1. The van der Waals surface area contributed by atoms with Gasteiger partial charge in [-0.05, 0) is 66.4 Å². The molecule has 1 aromatic heterocycles. The number of piperidine rings is 1. The Kier molecular flexibility index (Phi) is 7.60. The summed E-state index contributed by atoms with van der Waals surface area (Å²) in [5, 5.41) is 9.97. The van der Waals surface area contributed by atoms with Crippen LogP contribution in [0.3, 0.4) is 0 Å². The quantitative estimate of drug-likeness (QED) is 0.307. The average Bonchev–Trinajstić information content (AvgIpc) is 2.92. The normalized spacial score (nSPS) is 15.2. The predicted molar refractivity (Wildman–Crippen MR) is 148 cm³/mol. The highest BCUT2D eigenvalue weighted by atomic mass is 35.5. The highest BCUT2D eigenvalue weighted by molar-refractivity contribution is 7.89. The molecule has 1 amide bonds. The first-order chi connectivity index (χ1) is 17.9. The van der Waals surface area contributed by atoms with Gasteiger partial charge in [0.15, 0.2) is 0 Å². The second kappa shape index (κ2) is 11.0. The van der Waals surface area contributed by atoms with Gasteiger partial charge in [-0.25, -0.2) is 8.42 Å². The topological polar surface area (TPSA) is 91.4 Å². The highest BCUT2D eigenvalue weighted by Crippen LogP contribution is 2.27. The number of benzene rings is 3. The Morgan fingerprint density at radius 3 is 2.57 bits per heavy atom. The number of sulfonamides is 1. The number of rotatable bonds is 8. The fourth-order valence-corrected chi connectivity index (χ4v) is 6.45. The molecule has 0 aliphatic carbocycles. The van der Waals surface area contributed by atoms with E-state index < -0.39 is 10.0 Å². The standard InChI is InChI=1S/C28H29ClN4O3S/c29-23-7-9-25-26(10-15-31-27(25)19-23)30-13-3-14-32-28(34)21-11-16-33(17-12-21)37(35,36)24-8-6-20-4-1-2-5-22(20)18-24/h1-2,4-10,15,18-19,21H,3,11-14,16-17H2,(H,30,31)(H,32,34). The number of aromatic nitrogens is 1. The van der Waals surface area contributed by atoms with Gasteiger partial charge < -0.3 is 10.6 Å². The molecule has 2 N–H and O–H groups in total. The van der Waals surface area contributed by atoms with E-state index in [1.807, 2.05) is 54.6 Å². The number of hydrogen-bond donors (Lipinski definition) is 2. The molecule has 4 aromatic rings. The number of carbonyl (C=O) groups is 1. The zero-order valence-corrected chi connectivity index (χ0v) is 21.9. The van der Waals surface area contributed by atoms with Crippen molar-refractivity contribution in [2.75, 3.05) is 31.5 Å². The molecule has 9 heteroatoms. The van der Waals surface area contributed by atoms with E-state index in [2.05, 4.69) is 15.6 Å². The summed E-state index contributed by atoms with van der Waals surface area (Å²) < 4.78 is 27.8. The van der Waals surface area contributed by atoms with Gasteiger partial charge >= 0.3 is 0 Å². The van der Waals surface area contributed by atoms with Crippen LogP contribution in [0.1, 0.15) is 19.3 Å². The summed E-state index contributed by atoms with van der Waals surface area (Å²) in [6, 6.07) is 20.5. The minimum Gasteiger partial charge on any atom is -0.384 e. The Bertz CT molecular complexity index is 1540. The van der Waals surface area contributed by atoms with E-state index in [4.69, 9.17) is 11.6 Å². The van der Waals surface area contributed by atoms with Crippen LogP contribution in [0, 0.1) is 5.92 Å². The van der Waals surface area contributed by atoms with E-state index in [0.717, 1.165) is 33.8 Å². The third kappa shape index (κ3) is 5.71. The lowest BCUT2D eigenvalue weighted by Crippen LogP contribution is -2.43. The molecule has 1 aliphatic rings. The van der Waals surface area contributed by atoms with Crippen molar-refractivity contribution in [2.45, 2.75) is 24.2 Å². The third-order valence-corrected chi connectivity index (χ3v) is 8.99. The summed E-state index contributed by atoms with van der Waals surface area (Å²) in [5.74, 6) is -0.184. The van der Waals surface area contributed by atoms with E-state index in [0.29, 0.717) is 48.9 Å². The average molecular weight is 537 g/mol. The second-order valence-electron chi connectivity index (χ2n) is 9.28. The predicted octanol–water partition coefficient (Wildman–Crippen LogP) is 5.06. The van der Waals surface area contributed by atoms with Gasteiger partial charge in [-0.1, -0.05) is 41.9 Å². The van der Waals surface area contributed by atoms with Crippen LogP contribution in [-0.2, 0) is 14.8 Å². The zero-order valence-electron chi connectivity index (χ0n) is 20.4. The molecule has 0 spiro atoms.